The number of hydrogen-bond donors (Lipinski definition) is 3. The number of pyridine rings is 1. The van der Waals surface area contributed by atoms with E-state index < -0.39 is 6.10 Å². The van der Waals surface area contributed by atoms with Gasteiger partial charge in [0.05, 0.1) is 11.4 Å². The summed E-state index contributed by atoms with van der Waals surface area (Å²) in [5.74, 6) is 0.494. The van der Waals surface area contributed by atoms with E-state index in [1.807, 2.05) is 13.8 Å². The Labute approximate surface area is 170 Å². The van der Waals surface area contributed by atoms with Crippen molar-refractivity contribution >= 4 is 16.9 Å². The number of benzene rings is 1. The van der Waals surface area contributed by atoms with Crippen LogP contribution in [0.1, 0.15) is 46.0 Å². The van der Waals surface area contributed by atoms with Crippen LogP contribution < -0.4 is 20.3 Å². The predicted octanol–water partition coefficient (Wildman–Crippen LogP) is 2.75. The number of carbonyl (C=O) groups excluding carboxylic acids is 1. The Hall–Kier alpha value is -2.38. The van der Waals surface area contributed by atoms with Gasteiger partial charge in [0.15, 0.2) is 5.75 Å². The summed E-state index contributed by atoms with van der Waals surface area (Å²) in [5, 5.41) is 13.9. The van der Waals surface area contributed by atoms with Crippen molar-refractivity contribution in [1.82, 2.24) is 10.3 Å². The summed E-state index contributed by atoms with van der Waals surface area (Å²) in [6.45, 7) is 4.54. The van der Waals surface area contributed by atoms with Gasteiger partial charge in [-0.2, -0.15) is 0 Å². The van der Waals surface area contributed by atoms with E-state index in [-0.39, 0.29) is 30.1 Å². The number of ether oxygens (including phenoxy) is 2. The fraction of sp³-hybridized carbons (Fsp3) is 0.545. The third-order valence-corrected chi connectivity index (χ3v) is 5.16. The molecule has 29 heavy (non-hydrogen) atoms. The Morgan fingerprint density at radius 1 is 1.17 bits per heavy atom. The molecule has 3 N–H and O–H groups in total. The number of hydrogen-bond acceptors (Lipinski definition) is 6. The highest BCUT2D eigenvalue weighted by atomic mass is 16.5. The number of carbonyl (C=O) groups is 1. The van der Waals surface area contributed by atoms with Crippen LogP contribution >= 0.6 is 0 Å². The van der Waals surface area contributed by atoms with E-state index in [0.29, 0.717) is 28.9 Å². The highest BCUT2D eigenvalue weighted by molar-refractivity contribution is 5.91. The second-order valence-corrected chi connectivity index (χ2v) is 7.96. The van der Waals surface area contributed by atoms with Crippen molar-refractivity contribution < 1.29 is 19.4 Å². The highest BCUT2D eigenvalue weighted by Gasteiger charge is 2.24. The third-order valence-electron chi connectivity index (χ3n) is 5.16. The van der Waals surface area contributed by atoms with Gasteiger partial charge in [0.2, 0.25) is 5.56 Å². The van der Waals surface area contributed by atoms with E-state index in [0.717, 1.165) is 32.1 Å². The number of fused-ring (bicyclic) bond motifs is 1. The van der Waals surface area contributed by atoms with E-state index in [9.17, 15) is 14.7 Å². The summed E-state index contributed by atoms with van der Waals surface area (Å²) in [6.07, 6.45) is 4.26. The van der Waals surface area contributed by atoms with Crippen LogP contribution in [0.2, 0.25) is 0 Å². The molecule has 1 unspecified atom stereocenters. The maximum Gasteiger partial charge on any atom is 0.314 e. The third kappa shape index (κ3) is 5.81. The second kappa shape index (κ2) is 9.89. The molecule has 0 aliphatic heterocycles. The van der Waals surface area contributed by atoms with E-state index >= 15 is 0 Å². The van der Waals surface area contributed by atoms with E-state index in [4.69, 9.17) is 9.47 Å². The van der Waals surface area contributed by atoms with Crippen LogP contribution in [0.3, 0.4) is 0 Å². The van der Waals surface area contributed by atoms with Gasteiger partial charge in [-0.05, 0) is 31.0 Å². The van der Waals surface area contributed by atoms with Crippen molar-refractivity contribution in [1.29, 1.82) is 0 Å². The van der Waals surface area contributed by atoms with Crippen LogP contribution in [-0.2, 0) is 4.79 Å². The molecule has 0 saturated heterocycles. The molecule has 1 heterocycles. The first-order valence-electron chi connectivity index (χ1n) is 10.4. The van der Waals surface area contributed by atoms with Gasteiger partial charge in [0, 0.05) is 24.0 Å². The van der Waals surface area contributed by atoms with Gasteiger partial charge >= 0.3 is 5.97 Å². The van der Waals surface area contributed by atoms with Gasteiger partial charge in [-0.25, -0.2) is 0 Å². The molecule has 1 aromatic heterocycles. The van der Waals surface area contributed by atoms with Crippen LogP contribution in [-0.4, -0.2) is 41.4 Å². The van der Waals surface area contributed by atoms with Crippen molar-refractivity contribution in [3.8, 4) is 11.5 Å². The average Bonchev–Trinajstić information content (AvgIpc) is 2.72. The molecule has 7 heteroatoms. The van der Waals surface area contributed by atoms with Gasteiger partial charge in [-0.15, -0.1) is 0 Å². The predicted molar refractivity (Wildman–Crippen MR) is 111 cm³/mol. The Balaban J connectivity index is 1.76. The van der Waals surface area contributed by atoms with Crippen molar-refractivity contribution in [2.24, 2.45) is 5.92 Å². The van der Waals surface area contributed by atoms with Crippen LogP contribution in [0.15, 0.2) is 29.1 Å². The largest absolute Gasteiger partial charge is 0.490 e. The summed E-state index contributed by atoms with van der Waals surface area (Å²) in [4.78, 5) is 27.1. The van der Waals surface area contributed by atoms with Crippen LogP contribution in [0, 0.1) is 5.92 Å². The molecule has 0 radical (unpaired) electrons. The molecule has 7 nitrogen and oxygen atoms in total. The Bertz CT molecular complexity index is 886. The molecule has 0 amide bonds. The van der Waals surface area contributed by atoms with Crippen LogP contribution in [0.5, 0.6) is 11.5 Å². The number of aliphatic hydroxyl groups excluding tert-OH is 1. The van der Waals surface area contributed by atoms with Gasteiger partial charge in [-0.3, -0.25) is 9.59 Å². The summed E-state index contributed by atoms with van der Waals surface area (Å²) in [7, 11) is 0. The van der Waals surface area contributed by atoms with Gasteiger partial charge in [-0.1, -0.05) is 33.1 Å². The molecular weight excluding hydrogens is 372 g/mol. The lowest BCUT2D eigenvalue weighted by Gasteiger charge is -2.20. The fourth-order valence-electron chi connectivity index (χ4n) is 3.56. The minimum atomic E-state index is -0.668. The molecule has 0 spiro atoms. The first kappa shape index (κ1) is 21.3. The van der Waals surface area contributed by atoms with Crippen molar-refractivity contribution in [3.05, 3.63) is 34.6 Å². The minimum absolute atomic E-state index is 0.0891. The summed E-state index contributed by atoms with van der Waals surface area (Å²) in [5.41, 5.74) is 0.139. The topological polar surface area (TPSA) is 101 Å². The SMILES string of the molecule is CC(C)NCC(O)COc1ccc(OC(=O)C2CCCCC2)c2[nH]c(=O)ccc12. The molecular formula is C22H30N2O5. The molecule has 2 aromatic rings. The molecule has 1 aromatic carbocycles. The molecule has 1 fully saturated rings. The van der Waals surface area contributed by atoms with Crippen molar-refractivity contribution in [3.63, 3.8) is 0 Å². The van der Waals surface area contributed by atoms with Gasteiger partial charge in [0.1, 0.15) is 18.5 Å². The molecule has 1 aliphatic carbocycles. The number of aromatic nitrogens is 1. The smallest absolute Gasteiger partial charge is 0.314 e. The maximum absolute atomic E-state index is 12.5. The lowest BCUT2D eigenvalue weighted by Crippen LogP contribution is -2.35. The molecule has 1 saturated carbocycles. The van der Waals surface area contributed by atoms with Gasteiger partial charge in [0.25, 0.3) is 0 Å². The fourth-order valence-corrected chi connectivity index (χ4v) is 3.56. The Kier molecular flexibility index (Phi) is 7.28. The Morgan fingerprint density at radius 2 is 1.90 bits per heavy atom. The number of aromatic amines is 1. The lowest BCUT2D eigenvalue weighted by atomic mass is 9.89. The first-order chi connectivity index (χ1) is 13.9. The zero-order chi connectivity index (χ0) is 20.8. The van der Waals surface area contributed by atoms with E-state index in [1.165, 1.54) is 6.07 Å². The number of aliphatic hydroxyl groups is 1. The first-order valence-corrected chi connectivity index (χ1v) is 10.4. The number of H-pyrrole nitrogens is 1. The molecule has 158 valence electrons. The zero-order valence-electron chi connectivity index (χ0n) is 17.1. The molecule has 0 bridgehead atoms. The standard InChI is InChI=1S/C22H30N2O5/c1-14(2)23-12-16(25)13-28-18-9-10-19(21-17(18)8-11-20(26)24-21)29-22(27)15-6-4-3-5-7-15/h8-11,14-16,23,25H,3-7,12-13H2,1-2H3,(H,24,26). The second-order valence-electron chi connectivity index (χ2n) is 7.96. The Morgan fingerprint density at radius 3 is 2.62 bits per heavy atom. The van der Waals surface area contributed by atoms with E-state index in [2.05, 4.69) is 10.3 Å². The normalized spacial score (nSPS) is 16.1. The van der Waals surface area contributed by atoms with E-state index in [1.54, 1.807) is 18.2 Å². The van der Waals surface area contributed by atoms with Crippen LogP contribution in [0.25, 0.3) is 10.9 Å². The van der Waals surface area contributed by atoms with Crippen LogP contribution in [0.4, 0.5) is 0 Å². The van der Waals surface area contributed by atoms with Crippen molar-refractivity contribution in [2.75, 3.05) is 13.2 Å². The average molecular weight is 402 g/mol. The lowest BCUT2D eigenvalue weighted by molar-refractivity contribution is -0.139. The highest BCUT2D eigenvalue weighted by Crippen LogP contribution is 2.33. The molecule has 1 aliphatic rings. The number of rotatable bonds is 8. The maximum atomic E-state index is 12.5. The monoisotopic (exact) mass is 402 g/mol. The quantitative estimate of drug-likeness (QED) is 0.464. The molecule has 3 rings (SSSR count). The van der Waals surface area contributed by atoms with Gasteiger partial charge < -0.3 is 24.9 Å². The summed E-state index contributed by atoms with van der Waals surface area (Å²) in [6, 6.07) is 6.65. The van der Waals surface area contributed by atoms with Crippen molar-refractivity contribution in [2.45, 2.75) is 58.1 Å². The number of esters is 1. The minimum Gasteiger partial charge on any atom is -0.490 e. The summed E-state index contributed by atoms with van der Waals surface area (Å²) >= 11 is 0. The number of nitrogens with one attached hydrogen (secondary N) is 2. The zero-order valence-corrected chi connectivity index (χ0v) is 17.1. The molecule has 1 atom stereocenters. The summed E-state index contributed by atoms with van der Waals surface area (Å²) < 4.78 is 11.4.